The molecule has 6 nitrogen and oxygen atoms in total. The van der Waals surface area contributed by atoms with Crippen LogP contribution in [-0.2, 0) is 17.6 Å². The molecule has 0 amide bonds. The molecular weight excluding hydrogens is 394 g/mol. The summed E-state index contributed by atoms with van der Waals surface area (Å²) in [4.78, 5) is 32.7. The fraction of sp³-hybridized carbons (Fsp3) is 0.300. The van der Waals surface area contributed by atoms with E-state index in [0.717, 1.165) is 35.2 Å². The fourth-order valence-corrected chi connectivity index (χ4v) is 4.26. The minimum atomic E-state index is -1.10. The molecule has 8 heteroatoms. The van der Waals surface area contributed by atoms with Crippen LogP contribution in [-0.4, -0.2) is 31.7 Å². The molecule has 0 aliphatic rings. The quantitative estimate of drug-likeness (QED) is 0.358. The van der Waals surface area contributed by atoms with Gasteiger partial charge in [-0.1, -0.05) is 13.8 Å². The van der Waals surface area contributed by atoms with E-state index in [2.05, 4.69) is 29.2 Å². The first-order chi connectivity index (χ1) is 13.4. The van der Waals surface area contributed by atoms with Gasteiger partial charge in [0.05, 0.1) is 16.3 Å². The van der Waals surface area contributed by atoms with Gasteiger partial charge in [-0.05, 0) is 42.4 Å². The lowest BCUT2D eigenvalue weighted by molar-refractivity contribution is -0.131. The number of carboxylic acids is 1. The summed E-state index contributed by atoms with van der Waals surface area (Å²) >= 11 is 3.00. The summed E-state index contributed by atoms with van der Waals surface area (Å²) in [5, 5.41) is 12.6. The molecule has 0 radical (unpaired) electrons. The first-order valence-electron chi connectivity index (χ1n) is 8.83. The van der Waals surface area contributed by atoms with E-state index in [9.17, 15) is 9.59 Å². The normalized spacial score (nSPS) is 11.7. The molecule has 0 aromatic carbocycles. The predicted molar refractivity (Wildman–Crippen MR) is 114 cm³/mol. The zero-order valence-electron chi connectivity index (χ0n) is 15.9. The van der Waals surface area contributed by atoms with Crippen molar-refractivity contribution in [1.29, 1.82) is 0 Å². The van der Waals surface area contributed by atoms with Gasteiger partial charge in [0.1, 0.15) is 10.7 Å². The van der Waals surface area contributed by atoms with Crippen LogP contribution in [0.15, 0.2) is 39.6 Å². The van der Waals surface area contributed by atoms with E-state index in [1.54, 1.807) is 17.5 Å². The highest BCUT2D eigenvalue weighted by molar-refractivity contribution is 7.98. The Bertz CT molecular complexity index is 1100. The third-order valence-corrected chi connectivity index (χ3v) is 5.89. The average molecular weight is 416 g/mol. The molecule has 3 aromatic heterocycles. The van der Waals surface area contributed by atoms with Crippen molar-refractivity contribution in [2.45, 2.75) is 37.6 Å². The van der Waals surface area contributed by atoms with Crippen LogP contribution in [0.5, 0.6) is 0 Å². The maximum absolute atomic E-state index is 12.7. The highest BCUT2D eigenvalue weighted by Crippen LogP contribution is 2.20. The molecule has 0 bridgehead atoms. The highest BCUT2D eigenvalue weighted by atomic mass is 32.2. The van der Waals surface area contributed by atoms with E-state index < -0.39 is 5.97 Å². The number of nitrogens with zero attached hydrogens (tertiary/aromatic N) is 3. The summed E-state index contributed by atoms with van der Waals surface area (Å²) in [6, 6.07) is 3.80. The third-order valence-electron chi connectivity index (χ3n) is 4.27. The van der Waals surface area contributed by atoms with Gasteiger partial charge in [-0.15, -0.1) is 23.1 Å². The zero-order chi connectivity index (χ0) is 20.3. The maximum atomic E-state index is 12.7. The van der Waals surface area contributed by atoms with E-state index in [-0.39, 0.29) is 11.1 Å². The van der Waals surface area contributed by atoms with Gasteiger partial charge in [0.15, 0.2) is 0 Å². The molecule has 3 aromatic rings. The smallest absolute Gasteiger partial charge is 0.328 e. The van der Waals surface area contributed by atoms with Gasteiger partial charge >= 0.3 is 5.97 Å². The van der Waals surface area contributed by atoms with E-state index in [0.29, 0.717) is 16.6 Å². The van der Waals surface area contributed by atoms with Crippen molar-refractivity contribution in [3.05, 3.63) is 62.0 Å². The predicted octanol–water partition coefficient (Wildman–Crippen LogP) is 3.88. The van der Waals surface area contributed by atoms with Crippen LogP contribution in [0, 0.1) is 0 Å². The van der Waals surface area contributed by atoms with E-state index in [1.807, 2.05) is 18.4 Å². The summed E-state index contributed by atoms with van der Waals surface area (Å²) in [6.45, 7) is 4.27. The maximum Gasteiger partial charge on any atom is 0.328 e. The number of thioether (sulfide) groups is 1. The summed E-state index contributed by atoms with van der Waals surface area (Å²) < 4.78 is 1.45. The third kappa shape index (κ3) is 4.51. The Morgan fingerprint density at radius 2 is 2.14 bits per heavy atom. The van der Waals surface area contributed by atoms with Gasteiger partial charge < -0.3 is 5.11 Å². The summed E-state index contributed by atoms with van der Waals surface area (Å²) in [5.41, 5.74) is 2.76. The van der Waals surface area contributed by atoms with E-state index in [1.165, 1.54) is 22.2 Å². The van der Waals surface area contributed by atoms with Crippen molar-refractivity contribution in [1.82, 2.24) is 14.4 Å². The monoisotopic (exact) mass is 415 g/mol. The molecule has 0 aliphatic heterocycles. The highest BCUT2D eigenvalue weighted by Gasteiger charge is 2.11. The minimum absolute atomic E-state index is 0.278. The lowest BCUT2D eigenvalue weighted by Gasteiger charge is -2.08. The van der Waals surface area contributed by atoms with Gasteiger partial charge in [0.2, 0.25) is 0 Å². The number of rotatable bonds is 7. The van der Waals surface area contributed by atoms with E-state index >= 15 is 0 Å². The summed E-state index contributed by atoms with van der Waals surface area (Å²) in [7, 11) is 0. The zero-order valence-corrected chi connectivity index (χ0v) is 17.5. The number of hydrogen-bond donors (Lipinski definition) is 1. The Morgan fingerprint density at radius 3 is 2.79 bits per heavy atom. The van der Waals surface area contributed by atoms with Crippen LogP contribution >= 0.6 is 23.1 Å². The first-order valence-corrected chi connectivity index (χ1v) is 10.9. The number of hydrogen-bond acceptors (Lipinski definition) is 6. The number of fused-ring (bicyclic) bond motifs is 1. The molecule has 0 unspecified atom stereocenters. The second-order valence-corrected chi connectivity index (χ2v) is 8.33. The Morgan fingerprint density at radius 1 is 1.36 bits per heavy atom. The van der Waals surface area contributed by atoms with Gasteiger partial charge in [-0.25, -0.2) is 14.8 Å². The Labute approximate surface area is 171 Å². The van der Waals surface area contributed by atoms with Crippen molar-refractivity contribution in [2.24, 2.45) is 0 Å². The molecule has 1 N–H and O–H groups in total. The SMILES string of the molecule is CSc1nc2cc(CCc3nc(C(C)C)cs3)ccn2c(=O)c1/C=C/C(=O)O. The topological polar surface area (TPSA) is 84.6 Å². The molecule has 0 atom stereocenters. The van der Waals surface area contributed by atoms with Crippen LogP contribution in [0.25, 0.3) is 11.7 Å². The van der Waals surface area contributed by atoms with Crippen molar-refractivity contribution in [3.8, 4) is 0 Å². The molecule has 146 valence electrons. The number of aryl methyl sites for hydroxylation is 2. The Kier molecular flexibility index (Phi) is 6.31. The van der Waals surface area contributed by atoms with Crippen molar-refractivity contribution in [3.63, 3.8) is 0 Å². The fourth-order valence-electron chi connectivity index (χ4n) is 2.74. The standard InChI is InChI=1S/C20H21N3O3S2/c1-12(2)15-11-28-17(21-15)6-4-13-8-9-23-16(10-13)22-19(27-3)14(20(23)26)5-7-18(24)25/h5,7-12H,4,6H2,1-3H3,(H,24,25)/b7-5+. The average Bonchev–Trinajstić information content (AvgIpc) is 3.14. The lowest BCUT2D eigenvalue weighted by Crippen LogP contribution is -2.19. The number of aliphatic carboxylic acids is 1. The van der Waals surface area contributed by atoms with Crippen LogP contribution in [0.1, 0.15) is 41.6 Å². The number of thiazole rings is 1. The minimum Gasteiger partial charge on any atom is -0.478 e. The lowest BCUT2D eigenvalue weighted by atomic mass is 10.1. The number of pyridine rings is 1. The van der Waals surface area contributed by atoms with Crippen molar-refractivity contribution >= 4 is 40.8 Å². The van der Waals surface area contributed by atoms with Gasteiger partial charge in [0.25, 0.3) is 5.56 Å². The molecule has 0 spiro atoms. The van der Waals surface area contributed by atoms with Gasteiger partial charge in [-0.2, -0.15) is 0 Å². The Hall–Kier alpha value is -2.45. The van der Waals surface area contributed by atoms with Crippen molar-refractivity contribution < 1.29 is 9.90 Å². The van der Waals surface area contributed by atoms with Crippen LogP contribution in [0.4, 0.5) is 0 Å². The van der Waals surface area contributed by atoms with Crippen LogP contribution in [0.2, 0.25) is 0 Å². The number of aromatic nitrogens is 3. The number of carboxylic acid groups (broad SMARTS) is 1. The second-order valence-electron chi connectivity index (χ2n) is 6.60. The van der Waals surface area contributed by atoms with Crippen LogP contribution < -0.4 is 5.56 Å². The number of carbonyl (C=O) groups is 1. The van der Waals surface area contributed by atoms with E-state index in [4.69, 9.17) is 5.11 Å². The molecule has 0 fully saturated rings. The first kappa shape index (κ1) is 20.3. The summed E-state index contributed by atoms with van der Waals surface area (Å²) in [6.07, 6.45) is 7.43. The molecular formula is C20H21N3O3S2. The largest absolute Gasteiger partial charge is 0.478 e. The van der Waals surface area contributed by atoms with Gasteiger partial charge in [-0.3, -0.25) is 9.20 Å². The molecule has 3 rings (SSSR count). The van der Waals surface area contributed by atoms with Crippen LogP contribution in [0.3, 0.4) is 0 Å². The molecule has 28 heavy (non-hydrogen) atoms. The van der Waals surface area contributed by atoms with Crippen molar-refractivity contribution in [2.75, 3.05) is 6.26 Å². The second kappa shape index (κ2) is 8.70. The molecule has 0 saturated carbocycles. The molecule has 0 saturated heterocycles. The van der Waals surface area contributed by atoms with Gasteiger partial charge in [0, 0.05) is 24.1 Å². The summed E-state index contributed by atoms with van der Waals surface area (Å²) in [5.74, 6) is -0.675. The molecule has 0 aliphatic carbocycles. The Balaban J connectivity index is 1.89. The molecule has 3 heterocycles.